The van der Waals surface area contributed by atoms with E-state index in [-0.39, 0.29) is 31.0 Å². The number of ketones is 2. The van der Waals surface area contributed by atoms with Gasteiger partial charge >= 0.3 is 5.97 Å². The maximum Gasteiger partial charge on any atom is 0.306 e. The fourth-order valence-electron chi connectivity index (χ4n) is 6.72. The molecule has 2 N–H and O–H groups in total. The molecule has 0 aromatic carbocycles. The molecule has 0 amide bonds. The van der Waals surface area contributed by atoms with Gasteiger partial charge in [0.25, 0.3) is 0 Å². The summed E-state index contributed by atoms with van der Waals surface area (Å²) < 4.78 is 5.17. The first kappa shape index (κ1) is 23.1. The van der Waals surface area contributed by atoms with Crippen molar-refractivity contribution in [3.05, 3.63) is 34.9 Å². The molecular weight excluding hydrogens is 408 g/mol. The van der Waals surface area contributed by atoms with E-state index in [4.69, 9.17) is 4.74 Å². The lowest BCUT2D eigenvalue weighted by Crippen LogP contribution is -2.57. The van der Waals surface area contributed by atoms with Crippen LogP contribution in [0.1, 0.15) is 72.1 Å². The summed E-state index contributed by atoms with van der Waals surface area (Å²) >= 11 is 0. The summed E-state index contributed by atoms with van der Waals surface area (Å²) in [6, 6.07) is 0. The van der Waals surface area contributed by atoms with E-state index in [1.54, 1.807) is 12.2 Å². The maximum absolute atomic E-state index is 13.1. The van der Waals surface area contributed by atoms with Crippen LogP contribution in [0, 0.1) is 16.7 Å². The Bertz CT molecular complexity index is 942. The number of unbranched alkanes of at least 4 members (excludes halogenated alkanes) is 1. The Morgan fingerprint density at radius 1 is 1.25 bits per heavy atom. The second-order valence-corrected chi connectivity index (χ2v) is 10.3. The fraction of sp³-hybridized carbons (Fsp3) is 0.654. The first-order chi connectivity index (χ1) is 15.1. The standard InChI is InChI=1S/C26H34O6/c1-4-5-6-22(30)32-15-21(29)26(31)12-10-19-18-8-7-16-13-17(27)9-11-24(16,2)23(18)20(28)14-25(19,26)3/h9,11,13,19-20,28,31H,4-8,10,12,14-15H2,1-3H3/t19-,20-,24-,25-,26-/m0/s1. The Labute approximate surface area is 189 Å². The summed E-state index contributed by atoms with van der Waals surface area (Å²) in [5.41, 5.74) is 0.107. The van der Waals surface area contributed by atoms with E-state index >= 15 is 0 Å². The Balaban J connectivity index is 1.62. The van der Waals surface area contributed by atoms with Crippen molar-refractivity contribution in [2.24, 2.45) is 16.7 Å². The number of allylic oxidation sites excluding steroid dienone is 5. The number of aliphatic hydroxyl groups is 2. The van der Waals surface area contributed by atoms with Crippen LogP contribution in [0.5, 0.6) is 0 Å². The number of carbonyl (C=O) groups is 3. The van der Waals surface area contributed by atoms with Crippen molar-refractivity contribution in [1.29, 1.82) is 0 Å². The summed E-state index contributed by atoms with van der Waals surface area (Å²) in [6.07, 6.45) is 8.80. The molecular formula is C26H34O6. The molecule has 4 aliphatic rings. The van der Waals surface area contributed by atoms with E-state index < -0.39 is 40.9 Å². The third-order valence-electron chi connectivity index (χ3n) is 8.57. The Hall–Kier alpha value is -2.05. The molecule has 0 radical (unpaired) electrons. The van der Waals surface area contributed by atoms with Crippen LogP contribution >= 0.6 is 0 Å². The number of carbonyl (C=O) groups excluding carboxylic acids is 3. The minimum Gasteiger partial charge on any atom is -0.458 e. The monoisotopic (exact) mass is 442 g/mol. The lowest BCUT2D eigenvalue weighted by molar-refractivity contribution is -0.164. The molecule has 0 aromatic heterocycles. The van der Waals surface area contributed by atoms with Gasteiger partial charge in [-0.3, -0.25) is 14.4 Å². The second-order valence-electron chi connectivity index (χ2n) is 10.3. The molecule has 5 atom stereocenters. The van der Waals surface area contributed by atoms with Gasteiger partial charge in [-0.15, -0.1) is 0 Å². The molecule has 4 rings (SSSR count). The molecule has 6 heteroatoms. The largest absolute Gasteiger partial charge is 0.458 e. The van der Waals surface area contributed by atoms with Crippen molar-refractivity contribution in [3.63, 3.8) is 0 Å². The predicted molar refractivity (Wildman–Crippen MR) is 118 cm³/mol. The maximum atomic E-state index is 13.1. The van der Waals surface area contributed by atoms with Crippen molar-refractivity contribution in [3.8, 4) is 0 Å². The van der Waals surface area contributed by atoms with E-state index in [0.717, 1.165) is 29.6 Å². The minimum absolute atomic E-state index is 0.0222. The molecule has 0 unspecified atom stereocenters. The number of hydrogen-bond donors (Lipinski definition) is 2. The first-order valence-electron chi connectivity index (χ1n) is 11.8. The van der Waals surface area contributed by atoms with Gasteiger partial charge in [0.1, 0.15) is 5.60 Å². The fourth-order valence-corrected chi connectivity index (χ4v) is 6.72. The number of rotatable bonds is 6. The van der Waals surface area contributed by atoms with Gasteiger partial charge in [0.05, 0.1) is 6.10 Å². The van der Waals surface area contributed by atoms with Gasteiger partial charge < -0.3 is 14.9 Å². The number of esters is 1. The molecule has 0 spiro atoms. The smallest absolute Gasteiger partial charge is 0.306 e. The molecule has 0 bridgehead atoms. The normalized spacial score (nSPS) is 38.0. The average Bonchev–Trinajstić information content (AvgIpc) is 3.02. The average molecular weight is 443 g/mol. The van der Waals surface area contributed by atoms with Gasteiger partial charge in [-0.2, -0.15) is 0 Å². The Morgan fingerprint density at radius 2 is 2.00 bits per heavy atom. The number of aliphatic hydroxyl groups excluding tert-OH is 1. The molecule has 6 nitrogen and oxygen atoms in total. The quantitative estimate of drug-likeness (QED) is 0.483. The van der Waals surface area contributed by atoms with Gasteiger partial charge in [0.2, 0.25) is 5.78 Å². The lowest BCUT2D eigenvalue weighted by atomic mass is 9.53. The van der Waals surface area contributed by atoms with Crippen LogP contribution in [0.25, 0.3) is 0 Å². The van der Waals surface area contributed by atoms with Crippen molar-refractivity contribution >= 4 is 17.5 Å². The van der Waals surface area contributed by atoms with E-state index in [0.29, 0.717) is 19.3 Å². The molecule has 0 saturated heterocycles. The molecule has 1 saturated carbocycles. The summed E-state index contributed by atoms with van der Waals surface area (Å²) in [7, 11) is 0. The zero-order chi connectivity index (χ0) is 23.3. The number of fused-ring (bicyclic) bond motifs is 4. The molecule has 1 fully saturated rings. The van der Waals surface area contributed by atoms with E-state index in [9.17, 15) is 24.6 Å². The van der Waals surface area contributed by atoms with Crippen LogP contribution in [0.4, 0.5) is 0 Å². The van der Waals surface area contributed by atoms with Crippen molar-refractivity contribution in [2.75, 3.05) is 6.61 Å². The van der Waals surface area contributed by atoms with Crippen LogP contribution in [0.15, 0.2) is 34.9 Å². The second kappa shape index (κ2) is 8.07. The van der Waals surface area contributed by atoms with Gasteiger partial charge in [0, 0.05) is 17.3 Å². The highest BCUT2D eigenvalue weighted by Crippen LogP contribution is 2.64. The van der Waals surface area contributed by atoms with E-state index in [1.807, 2.05) is 26.8 Å². The molecule has 32 heavy (non-hydrogen) atoms. The summed E-state index contributed by atoms with van der Waals surface area (Å²) in [6.45, 7) is 5.48. The minimum atomic E-state index is -1.64. The van der Waals surface area contributed by atoms with Crippen LogP contribution in [0.2, 0.25) is 0 Å². The number of ether oxygens (including phenoxy) is 1. The molecule has 174 valence electrons. The highest BCUT2D eigenvalue weighted by atomic mass is 16.5. The third kappa shape index (κ3) is 3.34. The number of hydrogen-bond acceptors (Lipinski definition) is 6. The van der Waals surface area contributed by atoms with Crippen LogP contribution in [-0.2, 0) is 19.1 Å². The van der Waals surface area contributed by atoms with Crippen molar-refractivity contribution in [2.45, 2.75) is 83.8 Å². The van der Waals surface area contributed by atoms with Gasteiger partial charge in [-0.05, 0) is 69.1 Å². The third-order valence-corrected chi connectivity index (χ3v) is 8.57. The highest BCUT2D eigenvalue weighted by Gasteiger charge is 2.65. The molecule has 4 aliphatic carbocycles. The predicted octanol–water partition coefficient (Wildman–Crippen LogP) is 3.36. The SMILES string of the molecule is CCCCC(=O)OCC(=O)[C@@]1(O)CC[C@H]2C3=C([C@@H](O)C[C@@]21C)[C@@]1(C)C=CC(=O)C=C1CC3. The van der Waals surface area contributed by atoms with Crippen molar-refractivity contribution < 1.29 is 29.3 Å². The molecule has 0 aromatic rings. The summed E-state index contributed by atoms with van der Waals surface area (Å²) in [5, 5.41) is 22.9. The van der Waals surface area contributed by atoms with Crippen molar-refractivity contribution in [1.82, 2.24) is 0 Å². The number of Topliss-reactive ketones (excluding diaryl/α,β-unsaturated/α-hetero) is 1. The lowest BCUT2D eigenvalue weighted by Gasteiger charge is -2.53. The summed E-state index contributed by atoms with van der Waals surface area (Å²) in [4.78, 5) is 36.9. The van der Waals surface area contributed by atoms with E-state index in [1.165, 1.54) is 0 Å². The topological polar surface area (TPSA) is 101 Å². The van der Waals surface area contributed by atoms with Crippen LogP contribution < -0.4 is 0 Å². The Kier molecular flexibility index (Phi) is 5.83. The van der Waals surface area contributed by atoms with Crippen LogP contribution in [0.3, 0.4) is 0 Å². The molecule has 0 heterocycles. The zero-order valence-electron chi connectivity index (χ0n) is 19.3. The zero-order valence-corrected chi connectivity index (χ0v) is 19.3. The van der Waals surface area contributed by atoms with Gasteiger partial charge in [-0.1, -0.05) is 37.5 Å². The first-order valence-corrected chi connectivity index (χ1v) is 11.8. The highest BCUT2D eigenvalue weighted by molar-refractivity contribution is 6.01. The Morgan fingerprint density at radius 3 is 2.72 bits per heavy atom. The van der Waals surface area contributed by atoms with Gasteiger partial charge in [0.15, 0.2) is 12.4 Å². The summed E-state index contributed by atoms with van der Waals surface area (Å²) in [5.74, 6) is -0.953. The van der Waals surface area contributed by atoms with E-state index in [2.05, 4.69) is 0 Å². The molecule has 0 aliphatic heterocycles. The van der Waals surface area contributed by atoms with Gasteiger partial charge in [-0.25, -0.2) is 0 Å². The van der Waals surface area contributed by atoms with Crippen LogP contribution in [-0.4, -0.2) is 46.1 Å².